The van der Waals surface area contributed by atoms with E-state index < -0.39 is 0 Å². The second-order valence-electron chi connectivity index (χ2n) is 3.78. The van der Waals surface area contributed by atoms with Gasteiger partial charge < -0.3 is 4.74 Å². The maximum atomic E-state index is 5.93. The lowest BCUT2D eigenvalue weighted by Crippen LogP contribution is -1.98. The third-order valence-electron chi connectivity index (χ3n) is 2.46. The van der Waals surface area contributed by atoms with Crippen molar-refractivity contribution in [3.8, 4) is 5.75 Å². The first-order chi connectivity index (χ1) is 8.70. The molecule has 0 aliphatic heterocycles. The highest BCUT2D eigenvalue weighted by Crippen LogP contribution is 2.31. The molecule has 0 aliphatic rings. The molecular weight excluding hydrogens is 335 g/mol. The highest BCUT2D eigenvalue weighted by molar-refractivity contribution is 9.10. The van der Waals surface area contributed by atoms with Crippen LogP contribution in [0.3, 0.4) is 0 Å². The predicted octanol–water partition coefficient (Wildman–Crippen LogP) is 5.42. The molecule has 0 bridgehead atoms. The Morgan fingerprint density at radius 2 is 1.89 bits per heavy atom. The monoisotopic (exact) mass is 344 g/mol. The summed E-state index contributed by atoms with van der Waals surface area (Å²) in [5.74, 6) is 1.21. The number of benzene rings is 2. The van der Waals surface area contributed by atoms with Crippen LogP contribution in [0.15, 0.2) is 46.9 Å². The van der Waals surface area contributed by atoms with E-state index in [1.165, 1.54) is 0 Å². The van der Waals surface area contributed by atoms with E-state index in [4.69, 9.17) is 27.9 Å². The number of ether oxygens (including phenoxy) is 1. The maximum absolute atomic E-state index is 5.93. The Bertz CT molecular complexity index is 543. The smallest absolute Gasteiger partial charge is 0.138 e. The average Bonchev–Trinajstić information content (AvgIpc) is 2.37. The van der Waals surface area contributed by atoms with Gasteiger partial charge in [-0.25, -0.2) is 0 Å². The van der Waals surface area contributed by atoms with Crippen LogP contribution in [0.2, 0.25) is 5.02 Å². The van der Waals surface area contributed by atoms with Crippen molar-refractivity contribution in [2.45, 2.75) is 12.5 Å². The summed E-state index contributed by atoms with van der Waals surface area (Å²) in [5, 5.41) is 0.709. The highest BCUT2D eigenvalue weighted by Gasteiger charge is 2.07. The molecule has 0 atom stereocenters. The summed E-state index contributed by atoms with van der Waals surface area (Å²) < 4.78 is 6.72. The van der Waals surface area contributed by atoms with E-state index in [-0.39, 0.29) is 0 Å². The summed E-state index contributed by atoms with van der Waals surface area (Å²) in [5.41, 5.74) is 1.99. The lowest BCUT2D eigenvalue weighted by atomic mass is 10.2. The molecule has 4 heteroatoms. The molecular formula is C14H11BrCl2O. The van der Waals surface area contributed by atoms with Gasteiger partial charge in [-0.15, -0.1) is 11.6 Å². The van der Waals surface area contributed by atoms with Crippen molar-refractivity contribution in [1.82, 2.24) is 0 Å². The van der Waals surface area contributed by atoms with E-state index in [0.29, 0.717) is 17.5 Å². The van der Waals surface area contributed by atoms with Gasteiger partial charge >= 0.3 is 0 Å². The fraction of sp³-hybridized carbons (Fsp3) is 0.143. The van der Waals surface area contributed by atoms with E-state index in [1.807, 2.05) is 42.5 Å². The quantitative estimate of drug-likeness (QED) is 0.672. The summed E-state index contributed by atoms with van der Waals surface area (Å²) in [4.78, 5) is 0. The van der Waals surface area contributed by atoms with Crippen molar-refractivity contribution in [1.29, 1.82) is 0 Å². The number of rotatable bonds is 4. The molecule has 0 aliphatic carbocycles. The van der Waals surface area contributed by atoms with Crippen molar-refractivity contribution in [2.75, 3.05) is 0 Å². The highest BCUT2D eigenvalue weighted by atomic mass is 79.9. The summed E-state index contributed by atoms with van der Waals surface area (Å²) in [7, 11) is 0. The second-order valence-corrected chi connectivity index (χ2v) is 5.34. The van der Waals surface area contributed by atoms with Gasteiger partial charge in [-0.1, -0.05) is 35.9 Å². The van der Waals surface area contributed by atoms with E-state index >= 15 is 0 Å². The van der Waals surface area contributed by atoms with Gasteiger partial charge in [-0.2, -0.15) is 0 Å². The first-order valence-electron chi connectivity index (χ1n) is 5.41. The molecule has 0 radical (unpaired) electrons. The Hall–Kier alpha value is -0.700. The van der Waals surface area contributed by atoms with Crippen LogP contribution in [0.5, 0.6) is 5.75 Å². The molecule has 18 heavy (non-hydrogen) atoms. The standard InChI is InChI=1S/C14H11BrCl2O/c15-13-6-2-4-11(8-16)14(13)18-9-10-3-1-5-12(17)7-10/h1-7H,8-9H2. The Balaban J connectivity index is 2.15. The van der Waals surface area contributed by atoms with Gasteiger partial charge in [0.2, 0.25) is 0 Å². The van der Waals surface area contributed by atoms with Crippen molar-refractivity contribution in [2.24, 2.45) is 0 Å². The van der Waals surface area contributed by atoms with Crippen LogP contribution < -0.4 is 4.74 Å². The SMILES string of the molecule is ClCc1cccc(Br)c1OCc1cccc(Cl)c1. The second kappa shape index (κ2) is 6.46. The molecule has 2 aromatic carbocycles. The third-order valence-corrected chi connectivity index (χ3v) is 3.61. The summed E-state index contributed by atoms with van der Waals surface area (Å²) in [6.45, 7) is 0.465. The fourth-order valence-electron chi connectivity index (χ4n) is 1.60. The topological polar surface area (TPSA) is 9.23 Å². The summed E-state index contributed by atoms with van der Waals surface area (Å²) in [6.07, 6.45) is 0. The zero-order chi connectivity index (χ0) is 13.0. The first-order valence-corrected chi connectivity index (χ1v) is 7.12. The number of halogens is 3. The summed E-state index contributed by atoms with van der Waals surface area (Å²) >= 11 is 15.3. The molecule has 0 amide bonds. The zero-order valence-corrected chi connectivity index (χ0v) is 12.6. The van der Waals surface area contributed by atoms with E-state index in [0.717, 1.165) is 21.3 Å². The predicted molar refractivity (Wildman–Crippen MR) is 79.5 cm³/mol. The average molecular weight is 346 g/mol. The van der Waals surface area contributed by atoms with Crippen LogP contribution in [-0.2, 0) is 12.5 Å². The number of hydrogen-bond acceptors (Lipinski definition) is 1. The van der Waals surface area contributed by atoms with E-state index in [9.17, 15) is 0 Å². The number of hydrogen-bond donors (Lipinski definition) is 0. The van der Waals surface area contributed by atoms with Gasteiger partial charge in [0.15, 0.2) is 0 Å². The van der Waals surface area contributed by atoms with Gasteiger partial charge in [0.05, 0.1) is 10.4 Å². The molecule has 0 aromatic heterocycles. The van der Waals surface area contributed by atoms with Crippen molar-refractivity contribution in [3.05, 3.63) is 63.1 Å². The number of alkyl halides is 1. The van der Waals surface area contributed by atoms with Crippen LogP contribution in [0.4, 0.5) is 0 Å². The van der Waals surface area contributed by atoms with Gasteiger partial charge in [0.1, 0.15) is 12.4 Å². The Morgan fingerprint density at radius 1 is 1.11 bits per heavy atom. The normalized spacial score (nSPS) is 10.4. The van der Waals surface area contributed by atoms with Crippen molar-refractivity contribution < 1.29 is 4.74 Å². The van der Waals surface area contributed by atoms with Crippen molar-refractivity contribution >= 4 is 39.1 Å². The molecule has 0 N–H and O–H groups in total. The molecule has 0 heterocycles. The first kappa shape index (κ1) is 13.7. The fourth-order valence-corrected chi connectivity index (χ4v) is 2.55. The van der Waals surface area contributed by atoms with Crippen molar-refractivity contribution in [3.63, 3.8) is 0 Å². The van der Waals surface area contributed by atoms with Crippen LogP contribution in [0, 0.1) is 0 Å². The van der Waals surface area contributed by atoms with Gasteiger partial charge in [-0.3, -0.25) is 0 Å². The molecule has 1 nitrogen and oxygen atoms in total. The molecule has 0 saturated heterocycles. The summed E-state index contributed by atoms with van der Waals surface area (Å²) in [6, 6.07) is 13.4. The third kappa shape index (κ3) is 3.41. The van der Waals surface area contributed by atoms with Crippen LogP contribution in [-0.4, -0.2) is 0 Å². The molecule has 0 unspecified atom stereocenters. The molecule has 2 rings (SSSR count). The van der Waals surface area contributed by atoms with Crippen LogP contribution in [0.1, 0.15) is 11.1 Å². The minimum Gasteiger partial charge on any atom is -0.487 e. The molecule has 94 valence electrons. The van der Waals surface area contributed by atoms with E-state index in [2.05, 4.69) is 15.9 Å². The van der Waals surface area contributed by atoms with Crippen LogP contribution >= 0.6 is 39.1 Å². The molecule has 0 fully saturated rings. The maximum Gasteiger partial charge on any atom is 0.138 e. The Kier molecular flexibility index (Phi) is 4.93. The molecule has 0 saturated carbocycles. The lowest BCUT2D eigenvalue weighted by molar-refractivity contribution is 0.302. The van der Waals surface area contributed by atoms with Gasteiger partial charge in [0.25, 0.3) is 0 Å². The van der Waals surface area contributed by atoms with Gasteiger partial charge in [-0.05, 0) is 39.7 Å². The lowest BCUT2D eigenvalue weighted by Gasteiger charge is -2.12. The van der Waals surface area contributed by atoms with Gasteiger partial charge in [0, 0.05) is 10.6 Å². The van der Waals surface area contributed by atoms with E-state index in [1.54, 1.807) is 0 Å². The van der Waals surface area contributed by atoms with Crippen LogP contribution in [0.25, 0.3) is 0 Å². The minimum atomic E-state index is 0.421. The zero-order valence-electron chi connectivity index (χ0n) is 9.50. The Labute approximate surface area is 125 Å². The minimum absolute atomic E-state index is 0.421. The molecule has 2 aromatic rings. The Morgan fingerprint density at radius 3 is 2.61 bits per heavy atom. The number of para-hydroxylation sites is 1. The largest absolute Gasteiger partial charge is 0.487 e. The molecule has 0 spiro atoms.